The molecule has 1 heteroatoms. The lowest BCUT2D eigenvalue weighted by atomic mass is 9.63. The summed E-state index contributed by atoms with van der Waals surface area (Å²) in [6.07, 6.45) is 18.1. The molecular formula is C20H37N. The quantitative estimate of drug-likeness (QED) is 0.731. The fourth-order valence-corrected chi connectivity index (χ4v) is 6.12. The van der Waals surface area contributed by atoms with Crippen LogP contribution in [0.15, 0.2) is 0 Å². The van der Waals surface area contributed by atoms with Crippen LogP contribution in [-0.2, 0) is 0 Å². The minimum atomic E-state index is 0.822. The molecule has 3 fully saturated rings. The van der Waals surface area contributed by atoms with Crippen LogP contribution in [0, 0.1) is 29.6 Å². The van der Waals surface area contributed by atoms with Crippen LogP contribution in [0.2, 0.25) is 0 Å². The largest absolute Gasteiger partial charge is 0.316 e. The summed E-state index contributed by atoms with van der Waals surface area (Å²) in [5.74, 6) is 5.15. The first kappa shape index (κ1) is 15.8. The molecule has 6 atom stereocenters. The molecule has 3 rings (SSSR count). The molecule has 0 radical (unpaired) electrons. The monoisotopic (exact) mass is 291 g/mol. The molecule has 0 aromatic carbocycles. The van der Waals surface area contributed by atoms with E-state index in [1.54, 1.807) is 19.3 Å². The third kappa shape index (κ3) is 3.66. The normalized spacial score (nSPS) is 42.3. The Bertz CT molecular complexity index is 313. The van der Waals surface area contributed by atoms with Crippen molar-refractivity contribution in [1.29, 1.82) is 0 Å². The molecule has 0 aromatic heterocycles. The van der Waals surface area contributed by atoms with Gasteiger partial charge in [0.05, 0.1) is 0 Å². The van der Waals surface area contributed by atoms with Crippen LogP contribution in [0.5, 0.6) is 0 Å². The molecule has 0 saturated heterocycles. The molecule has 1 N–H and O–H groups in total. The van der Waals surface area contributed by atoms with Crippen molar-refractivity contribution in [2.75, 3.05) is 7.05 Å². The maximum absolute atomic E-state index is 3.78. The molecule has 3 aliphatic rings. The Labute approximate surface area is 132 Å². The van der Waals surface area contributed by atoms with Crippen LogP contribution in [0.1, 0.15) is 84.0 Å². The lowest BCUT2D eigenvalue weighted by Crippen LogP contribution is -2.45. The third-order valence-corrected chi connectivity index (χ3v) is 7.33. The van der Waals surface area contributed by atoms with E-state index < -0.39 is 0 Å². The van der Waals surface area contributed by atoms with Gasteiger partial charge >= 0.3 is 0 Å². The Balaban J connectivity index is 1.60. The average Bonchev–Trinajstić information content (AvgIpc) is 2.56. The lowest BCUT2D eigenvalue weighted by molar-refractivity contribution is 0.0803. The summed E-state index contributed by atoms with van der Waals surface area (Å²) in [7, 11) is 2.24. The van der Waals surface area contributed by atoms with E-state index >= 15 is 0 Å². The summed E-state index contributed by atoms with van der Waals surface area (Å²) < 4.78 is 0. The van der Waals surface area contributed by atoms with E-state index in [0.717, 1.165) is 35.6 Å². The highest BCUT2D eigenvalue weighted by molar-refractivity contribution is 4.92. The number of hydrogen-bond donors (Lipinski definition) is 1. The predicted octanol–water partition coefficient (Wildman–Crippen LogP) is 5.40. The lowest BCUT2D eigenvalue weighted by Gasteiger charge is -2.45. The molecular weight excluding hydrogens is 254 g/mol. The Morgan fingerprint density at radius 1 is 0.810 bits per heavy atom. The zero-order valence-corrected chi connectivity index (χ0v) is 14.4. The summed E-state index contributed by atoms with van der Waals surface area (Å²) in [4.78, 5) is 0. The van der Waals surface area contributed by atoms with Crippen molar-refractivity contribution in [2.24, 2.45) is 29.6 Å². The van der Waals surface area contributed by atoms with Gasteiger partial charge in [0, 0.05) is 6.04 Å². The summed E-state index contributed by atoms with van der Waals surface area (Å²) in [6, 6.07) is 0.822. The van der Waals surface area contributed by atoms with Crippen molar-refractivity contribution in [1.82, 2.24) is 5.32 Å². The molecule has 122 valence electrons. The zero-order chi connectivity index (χ0) is 14.7. The maximum Gasteiger partial charge on any atom is 0.0121 e. The SMILES string of the molecule is CCC1CCCC(C(NC)C2CCC3CCCCC3C2)C1. The molecule has 0 spiro atoms. The average molecular weight is 292 g/mol. The molecule has 21 heavy (non-hydrogen) atoms. The van der Waals surface area contributed by atoms with Crippen LogP contribution >= 0.6 is 0 Å². The van der Waals surface area contributed by atoms with E-state index in [0.29, 0.717) is 0 Å². The standard InChI is InChI=1S/C20H37N/c1-3-15-7-6-10-18(13-15)20(21-2)19-12-11-16-8-4-5-9-17(16)14-19/h15-21H,3-14H2,1-2H3. The van der Waals surface area contributed by atoms with Gasteiger partial charge in [0.1, 0.15) is 0 Å². The first-order valence-corrected chi connectivity index (χ1v) is 9.99. The van der Waals surface area contributed by atoms with E-state index in [1.165, 1.54) is 57.8 Å². The van der Waals surface area contributed by atoms with Gasteiger partial charge < -0.3 is 5.32 Å². The van der Waals surface area contributed by atoms with Crippen molar-refractivity contribution >= 4 is 0 Å². The number of nitrogens with one attached hydrogen (secondary N) is 1. The van der Waals surface area contributed by atoms with Gasteiger partial charge in [-0.3, -0.25) is 0 Å². The molecule has 0 aliphatic heterocycles. The van der Waals surface area contributed by atoms with E-state index in [1.807, 2.05) is 0 Å². The van der Waals surface area contributed by atoms with Crippen LogP contribution in [0.3, 0.4) is 0 Å². The molecule has 3 aliphatic carbocycles. The fourth-order valence-electron chi connectivity index (χ4n) is 6.12. The molecule has 0 heterocycles. The predicted molar refractivity (Wildman–Crippen MR) is 91.4 cm³/mol. The topological polar surface area (TPSA) is 12.0 Å². The fraction of sp³-hybridized carbons (Fsp3) is 1.00. The number of hydrogen-bond acceptors (Lipinski definition) is 1. The number of rotatable bonds is 4. The maximum atomic E-state index is 3.78. The van der Waals surface area contributed by atoms with Gasteiger partial charge in [0.25, 0.3) is 0 Å². The van der Waals surface area contributed by atoms with Crippen LogP contribution in [0.4, 0.5) is 0 Å². The van der Waals surface area contributed by atoms with Gasteiger partial charge in [-0.1, -0.05) is 51.9 Å². The highest BCUT2D eigenvalue weighted by atomic mass is 14.9. The molecule has 1 nitrogen and oxygen atoms in total. The summed E-state index contributed by atoms with van der Waals surface area (Å²) in [5.41, 5.74) is 0. The van der Waals surface area contributed by atoms with Crippen molar-refractivity contribution in [3.63, 3.8) is 0 Å². The van der Waals surface area contributed by atoms with Crippen molar-refractivity contribution in [3.8, 4) is 0 Å². The second-order valence-corrected chi connectivity index (χ2v) is 8.39. The third-order valence-electron chi connectivity index (χ3n) is 7.33. The Morgan fingerprint density at radius 3 is 2.33 bits per heavy atom. The van der Waals surface area contributed by atoms with E-state index in [4.69, 9.17) is 0 Å². The van der Waals surface area contributed by atoms with Crippen LogP contribution in [0.25, 0.3) is 0 Å². The van der Waals surface area contributed by atoms with Crippen LogP contribution in [-0.4, -0.2) is 13.1 Å². The highest BCUT2D eigenvalue weighted by Gasteiger charge is 2.38. The zero-order valence-electron chi connectivity index (χ0n) is 14.4. The van der Waals surface area contributed by atoms with Gasteiger partial charge in [0.2, 0.25) is 0 Å². The first-order valence-electron chi connectivity index (χ1n) is 9.99. The first-order chi connectivity index (χ1) is 10.3. The molecule has 6 unspecified atom stereocenters. The van der Waals surface area contributed by atoms with E-state index in [9.17, 15) is 0 Å². The molecule has 3 saturated carbocycles. The smallest absolute Gasteiger partial charge is 0.0121 e. The second-order valence-electron chi connectivity index (χ2n) is 8.39. The van der Waals surface area contributed by atoms with Gasteiger partial charge in [0.15, 0.2) is 0 Å². The Hall–Kier alpha value is -0.0400. The van der Waals surface area contributed by atoms with Gasteiger partial charge in [-0.2, -0.15) is 0 Å². The van der Waals surface area contributed by atoms with E-state index in [2.05, 4.69) is 19.3 Å². The van der Waals surface area contributed by atoms with Crippen molar-refractivity contribution in [2.45, 2.75) is 90.0 Å². The van der Waals surface area contributed by atoms with Crippen molar-refractivity contribution in [3.05, 3.63) is 0 Å². The van der Waals surface area contributed by atoms with Gasteiger partial charge in [-0.05, 0) is 68.7 Å². The second kappa shape index (κ2) is 7.49. The summed E-state index contributed by atoms with van der Waals surface area (Å²) in [5, 5.41) is 3.78. The molecule has 0 amide bonds. The Morgan fingerprint density at radius 2 is 1.57 bits per heavy atom. The molecule has 0 aromatic rings. The minimum Gasteiger partial charge on any atom is -0.316 e. The molecule has 0 bridgehead atoms. The van der Waals surface area contributed by atoms with Gasteiger partial charge in [-0.25, -0.2) is 0 Å². The highest BCUT2D eigenvalue weighted by Crippen LogP contribution is 2.46. The number of fused-ring (bicyclic) bond motifs is 1. The minimum absolute atomic E-state index is 0.822. The van der Waals surface area contributed by atoms with Gasteiger partial charge in [-0.15, -0.1) is 0 Å². The summed E-state index contributed by atoms with van der Waals surface area (Å²) >= 11 is 0. The van der Waals surface area contributed by atoms with Crippen molar-refractivity contribution < 1.29 is 0 Å². The Kier molecular flexibility index (Phi) is 5.65. The van der Waals surface area contributed by atoms with Crippen LogP contribution < -0.4 is 5.32 Å². The van der Waals surface area contributed by atoms with E-state index in [-0.39, 0.29) is 0 Å². The summed E-state index contributed by atoms with van der Waals surface area (Å²) in [6.45, 7) is 2.40.